The molecule has 3 rings (SSSR count). The van der Waals surface area contributed by atoms with E-state index in [1.54, 1.807) is 6.08 Å². The van der Waals surface area contributed by atoms with Crippen LogP contribution in [0.5, 0.6) is 5.75 Å². The molecule has 0 aromatic heterocycles. The minimum atomic E-state index is 0. The van der Waals surface area contributed by atoms with Gasteiger partial charge in [0.1, 0.15) is 12.7 Å². The first-order valence-corrected chi connectivity index (χ1v) is 5.69. The second kappa shape index (κ2) is 7.93. The average molecular weight is 284 g/mol. The van der Waals surface area contributed by atoms with Gasteiger partial charge in [0, 0.05) is 22.8 Å². The molecule has 0 spiro atoms. The molecule has 2 nitrogen and oxygen atoms in total. The molecule has 0 N–H and O–H groups in total. The molecule has 0 bridgehead atoms. The average Bonchev–Trinajstić information content (AvgIpc) is 2.89. The molecule has 1 unspecified atom stereocenters. The van der Waals surface area contributed by atoms with Crippen molar-refractivity contribution < 1.29 is 26.5 Å². The first-order valence-electron chi connectivity index (χ1n) is 5.69. The summed E-state index contributed by atoms with van der Waals surface area (Å²) in [4.78, 5) is 0. The van der Waals surface area contributed by atoms with Gasteiger partial charge in [-0.15, -0.1) is 18.2 Å². The minimum absolute atomic E-state index is 0. The standard InChI is InChI=1S/C10H11O2.C5H5.Fe/c1-2-8-4-3-5-10(8)12-7-9-6-11-9;1-2-4-5-3-1;/h2-5,9H,1,6-7H2;1-5H;/q-1;-5;. The third kappa shape index (κ3) is 4.92. The minimum Gasteiger partial charge on any atom is -0.748 e. The maximum absolute atomic E-state index is 5.50. The van der Waals surface area contributed by atoms with E-state index < -0.39 is 0 Å². The van der Waals surface area contributed by atoms with Gasteiger partial charge in [-0.3, -0.25) is 0 Å². The molecule has 1 aliphatic rings. The van der Waals surface area contributed by atoms with Gasteiger partial charge >= 0.3 is 0 Å². The van der Waals surface area contributed by atoms with E-state index in [0.717, 1.165) is 17.9 Å². The maximum Gasteiger partial charge on any atom is 0.115 e. The van der Waals surface area contributed by atoms with Gasteiger partial charge in [-0.1, -0.05) is 5.56 Å². The summed E-state index contributed by atoms with van der Waals surface area (Å²) < 4.78 is 10.5. The molecule has 0 radical (unpaired) electrons. The van der Waals surface area contributed by atoms with Gasteiger partial charge in [-0.2, -0.15) is 12.6 Å². The second-order valence-electron chi connectivity index (χ2n) is 3.78. The quantitative estimate of drug-likeness (QED) is 0.488. The van der Waals surface area contributed by atoms with Crippen LogP contribution in [0.15, 0.2) is 55.1 Å². The first-order chi connectivity index (χ1) is 8.40. The van der Waals surface area contributed by atoms with Crippen molar-refractivity contribution in [2.45, 2.75) is 6.10 Å². The van der Waals surface area contributed by atoms with E-state index in [1.807, 2.05) is 48.5 Å². The number of hydrogen-bond acceptors (Lipinski definition) is 2. The molecular weight excluding hydrogens is 268 g/mol. The van der Waals surface area contributed by atoms with Crippen LogP contribution in [0.25, 0.3) is 6.08 Å². The Hall–Kier alpha value is -1.28. The van der Waals surface area contributed by atoms with E-state index in [4.69, 9.17) is 9.47 Å². The van der Waals surface area contributed by atoms with Gasteiger partial charge in [0.2, 0.25) is 0 Å². The van der Waals surface area contributed by atoms with Crippen LogP contribution in [0.3, 0.4) is 0 Å². The Morgan fingerprint density at radius 3 is 2.50 bits per heavy atom. The second-order valence-corrected chi connectivity index (χ2v) is 3.78. The Bertz CT molecular complexity index is 410. The van der Waals surface area contributed by atoms with Gasteiger partial charge in [-0.25, -0.2) is 0 Å². The fourth-order valence-electron chi connectivity index (χ4n) is 1.39. The van der Waals surface area contributed by atoms with E-state index in [2.05, 4.69) is 6.58 Å². The summed E-state index contributed by atoms with van der Waals surface area (Å²) in [6.45, 7) is 5.19. The van der Waals surface area contributed by atoms with Crippen LogP contribution in [0.4, 0.5) is 0 Å². The number of ether oxygens (including phenoxy) is 2. The van der Waals surface area contributed by atoms with Gasteiger partial charge in [0.05, 0.1) is 6.61 Å². The van der Waals surface area contributed by atoms with Gasteiger partial charge < -0.3 is 39.8 Å². The molecule has 0 amide bonds. The van der Waals surface area contributed by atoms with Crippen molar-refractivity contribution in [3.05, 3.63) is 60.7 Å². The topological polar surface area (TPSA) is 21.8 Å². The Balaban J connectivity index is 0.000000230. The van der Waals surface area contributed by atoms with Gasteiger partial charge in [0.15, 0.2) is 0 Å². The Kier molecular flexibility index (Phi) is 6.51. The fourth-order valence-corrected chi connectivity index (χ4v) is 1.39. The van der Waals surface area contributed by atoms with Crippen molar-refractivity contribution in [1.29, 1.82) is 0 Å². The molecule has 2 aromatic rings. The first kappa shape index (κ1) is 14.8. The summed E-state index contributed by atoms with van der Waals surface area (Å²) in [5.41, 5.74) is 1.05. The molecule has 0 aliphatic carbocycles. The molecule has 18 heavy (non-hydrogen) atoms. The van der Waals surface area contributed by atoms with Crippen molar-refractivity contribution in [1.82, 2.24) is 0 Å². The monoisotopic (exact) mass is 284 g/mol. The summed E-state index contributed by atoms with van der Waals surface area (Å²) in [6, 6.07) is 15.9. The molecular formula is C15H16FeO2-6. The number of epoxide rings is 1. The predicted octanol–water partition coefficient (Wildman–Crippen LogP) is 3.23. The number of hydrogen-bond donors (Lipinski definition) is 0. The molecule has 1 fully saturated rings. The van der Waals surface area contributed by atoms with Crippen molar-refractivity contribution in [3.63, 3.8) is 0 Å². The van der Waals surface area contributed by atoms with E-state index in [0.29, 0.717) is 12.7 Å². The van der Waals surface area contributed by atoms with E-state index in [-0.39, 0.29) is 17.1 Å². The fraction of sp³-hybridized carbons (Fsp3) is 0.200. The Morgan fingerprint density at radius 1 is 1.39 bits per heavy atom. The Morgan fingerprint density at radius 2 is 2.00 bits per heavy atom. The SMILES string of the molecule is C=C[c-]1cccc1OCC1CO1.[Fe].[cH-]1[cH-][cH-][cH-][cH-]1. The molecule has 1 aliphatic heterocycles. The van der Waals surface area contributed by atoms with Gasteiger partial charge in [-0.05, 0) is 0 Å². The molecule has 1 heterocycles. The third-order valence-corrected chi connectivity index (χ3v) is 2.41. The van der Waals surface area contributed by atoms with Crippen LogP contribution in [0, 0.1) is 0 Å². The maximum atomic E-state index is 5.50. The summed E-state index contributed by atoms with van der Waals surface area (Å²) in [7, 11) is 0. The normalized spacial score (nSPS) is 15.9. The zero-order valence-corrected chi connectivity index (χ0v) is 11.2. The number of rotatable bonds is 4. The predicted molar refractivity (Wildman–Crippen MR) is 69.4 cm³/mol. The van der Waals surface area contributed by atoms with Crippen LogP contribution in [-0.2, 0) is 21.8 Å². The smallest absolute Gasteiger partial charge is 0.115 e. The Labute approximate surface area is 118 Å². The van der Waals surface area contributed by atoms with E-state index >= 15 is 0 Å². The molecule has 3 heteroatoms. The molecule has 1 atom stereocenters. The van der Waals surface area contributed by atoms with Crippen LogP contribution in [-0.4, -0.2) is 19.3 Å². The van der Waals surface area contributed by atoms with Gasteiger partial charge in [0.25, 0.3) is 0 Å². The molecule has 102 valence electrons. The van der Waals surface area contributed by atoms with Crippen molar-refractivity contribution in [2.75, 3.05) is 13.2 Å². The van der Waals surface area contributed by atoms with Crippen LogP contribution >= 0.6 is 0 Å². The van der Waals surface area contributed by atoms with Crippen molar-refractivity contribution >= 4 is 6.08 Å². The molecule has 0 saturated carbocycles. The van der Waals surface area contributed by atoms with Crippen LogP contribution in [0.1, 0.15) is 5.56 Å². The summed E-state index contributed by atoms with van der Waals surface area (Å²) >= 11 is 0. The third-order valence-electron chi connectivity index (χ3n) is 2.41. The zero-order valence-electron chi connectivity index (χ0n) is 10.1. The zero-order chi connectivity index (χ0) is 11.9. The van der Waals surface area contributed by atoms with E-state index in [9.17, 15) is 0 Å². The summed E-state index contributed by atoms with van der Waals surface area (Å²) in [5, 5.41) is 0. The van der Waals surface area contributed by atoms with Crippen molar-refractivity contribution in [2.24, 2.45) is 0 Å². The molecule has 2 aromatic carbocycles. The van der Waals surface area contributed by atoms with Crippen LogP contribution < -0.4 is 4.74 Å². The van der Waals surface area contributed by atoms with E-state index in [1.165, 1.54) is 0 Å². The summed E-state index contributed by atoms with van der Waals surface area (Å²) in [5.74, 6) is 0.903. The largest absolute Gasteiger partial charge is 0.748 e. The summed E-state index contributed by atoms with van der Waals surface area (Å²) in [6.07, 6.45) is 2.11. The van der Waals surface area contributed by atoms with Crippen LogP contribution in [0.2, 0.25) is 0 Å². The van der Waals surface area contributed by atoms with Crippen molar-refractivity contribution in [3.8, 4) is 5.75 Å². The molecule has 1 saturated heterocycles.